The van der Waals surface area contributed by atoms with E-state index in [2.05, 4.69) is 35.2 Å². The van der Waals surface area contributed by atoms with Crippen LogP contribution < -0.4 is 0 Å². The first kappa shape index (κ1) is 9.37. The first-order valence-electron chi connectivity index (χ1n) is 5.80. The van der Waals surface area contributed by atoms with Gasteiger partial charge in [-0.1, -0.05) is 30.3 Å². The Morgan fingerprint density at radius 2 is 2.07 bits per heavy atom. The maximum Gasteiger partial charge on any atom is 0.0850 e. The smallest absolute Gasteiger partial charge is 0.0850 e. The summed E-state index contributed by atoms with van der Waals surface area (Å²) >= 11 is 0. The van der Waals surface area contributed by atoms with Crippen molar-refractivity contribution in [3.05, 3.63) is 35.9 Å². The lowest BCUT2D eigenvalue weighted by Crippen LogP contribution is -2.21. The lowest BCUT2D eigenvalue weighted by atomic mass is 10.1. The van der Waals surface area contributed by atoms with Gasteiger partial charge in [0.1, 0.15) is 0 Å². The quantitative estimate of drug-likeness (QED) is 0.697. The van der Waals surface area contributed by atoms with Crippen molar-refractivity contribution in [1.29, 1.82) is 0 Å². The zero-order valence-corrected chi connectivity index (χ0v) is 8.93. The van der Waals surface area contributed by atoms with Crippen LogP contribution in [-0.4, -0.2) is 30.7 Å². The largest absolute Gasteiger partial charge is 0.373 e. The molecule has 1 aromatic rings. The Labute approximate surface area is 90.8 Å². The number of benzene rings is 1. The van der Waals surface area contributed by atoms with Crippen LogP contribution in [0, 0.1) is 5.92 Å². The minimum atomic E-state index is 0.589. The molecule has 2 atom stereocenters. The van der Waals surface area contributed by atoms with Crippen molar-refractivity contribution >= 4 is 0 Å². The maximum absolute atomic E-state index is 5.36. The highest BCUT2D eigenvalue weighted by molar-refractivity contribution is 5.14. The normalized spacial score (nSPS) is 30.7. The third-order valence-electron chi connectivity index (χ3n) is 3.44. The highest BCUT2D eigenvalue weighted by atomic mass is 16.6. The van der Waals surface area contributed by atoms with Crippen LogP contribution in [0.25, 0.3) is 0 Å². The number of rotatable bonds is 3. The standard InChI is InChI=1S/C13H17NO/c1-2-4-11(5-3-1)8-14-7-6-12(9-14)13-10-15-13/h1-5,12-13H,6-10H2/t12-,13+/m1/s1. The van der Waals surface area contributed by atoms with Crippen molar-refractivity contribution in [2.75, 3.05) is 19.7 Å². The molecule has 2 nitrogen and oxygen atoms in total. The topological polar surface area (TPSA) is 15.8 Å². The van der Waals surface area contributed by atoms with Gasteiger partial charge in [0, 0.05) is 19.0 Å². The van der Waals surface area contributed by atoms with E-state index in [4.69, 9.17) is 4.74 Å². The average molecular weight is 203 g/mol. The molecule has 1 aromatic carbocycles. The highest BCUT2D eigenvalue weighted by Crippen LogP contribution is 2.29. The summed E-state index contributed by atoms with van der Waals surface area (Å²) < 4.78 is 5.36. The first-order chi connectivity index (χ1) is 7.42. The molecule has 2 saturated heterocycles. The van der Waals surface area contributed by atoms with Gasteiger partial charge in [-0.05, 0) is 18.5 Å². The van der Waals surface area contributed by atoms with E-state index in [1.54, 1.807) is 0 Å². The van der Waals surface area contributed by atoms with Crippen LogP contribution in [0.5, 0.6) is 0 Å². The van der Waals surface area contributed by atoms with Crippen molar-refractivity contribution in [3.63, 3.8) is 0 Å². The molecule has 0 radical (unpaired) electrons. The summed E-state index contributed by atoms with van der Waals surface area (Å²) in [4.78, 5) is 2.54. The molecule has 0 spiro atoms. The van der Waals surface area contributed by atoms with Gasteiger partial charge in [0.15, 0.2) is 0 Å². The molecule has 0 unspecified atom stereocenters. The Balaban J connectivity index is 1.56. The zero-order valence-electron chi connectivity index (χ0n) is 8.93. The molecule has 0 N–H and O–H groups in total. The molecule has 2 heterocycles. The molecule has 0 aromatic heterocycles. The SMILES string of the molecule is c1ccc(CN2CC[C@@H]([C@@H]3CO3)C2)cc1. The van der Waals surface area contributed by atoms with E-state index < -0.39 is 0 Å². The van der Waals surface area contributed by atoms with Crippen molar-refractivity contribution in [3.8, 4) is 0 Å². The summed E-state index contributed by atoms with van der Waals surface area (Å²) in [5.41, 5.74) is 1.43. The van der Waals surface area contributed by atoms with E-state index in [0.29, 0.717) is 6.10 Å². The minimum Gasteiger partial charge on any atom is -0.373 e. The fraction of sp³-hybridized carbons (Fsp3) is 0.538. The van der Waals surface area contributed by atoms with E-state index in [-0.39, 0.29) is 0 Å². The molecule has 2 heteroatoms. The maximum atomic E-state index is 5.36. The van der Waals surface area contributed by atoms with Gasteiger partial charge in [-0.25, -0.2) is 0 Å². The van der Waals surface area contributed by atoms with Crippen LogP contribution in [0.3, 0.4) is 0 Å². The predicted molar refractivity (Wildman–Crippen MR) is 59.6 cm³/mol. The molecule has 0 amide bonds. The van der Waals surface area contributed by atoms with Crippen molar-refractivity contribution in [2.45, 2.75) is 19.1 Å². The van der Waals surface area contributed by atoms with Crippen LogP contribution in [0.15, 0.2) is 30.3 Å². The lowest BCUT2D eigenvalue weighted by molar-refractivity contribution is 0.288. The van der Waals surface area contributed by atoms with E-state index in [0.717, 1.165) is 19.1 Å². The van der Waals surface area contributed by atoms with Crippen LogP contribution >= 0.6 is 0 Å². The molecular weight excluding hydrogens is 186 g/mol. The van der Waals surface area contributed by atoms with E-state index in [1.165, 1.54) is 25.1 Å². The van der Waals surface area contributed by atoms with Crippen LogP contribution in [0.1, 0.15) is 12.0 Å². The third-order valence-corrected chi connectivity index (χ3v) is 3.44. The summed E-state index contributed by atoms with van der Waals surface area (Å²) in [5, 5.41) is 0. The van der Waals surface area contributed by atoms with Crippen LogP contribution in [0.2, 0.25) is 0 Å². The van der Waals surface area contributed by atoms with Gasteiger partial charge < -0.3 is 4.74 Å². The van der Waals surface area contributed by atoms with Crippen molar-refractivity contribution in [2.24, 2.45) is 5.92 Å². The van der Waals surface area contributed by atoms with Crippen molar-refractivity contribution in [1.82, 2.24) is 4.90 Å². The lowest BCUT2D eigenvalue weighted by Gasteiger charge is -2.15. The van der Waals surface area contributed by atoms with E-state index in [9.17, 15) is 0 Å². The Morgan fingerprint density at radius 3 is 2.80 bits per heavy atom. The van der Waals surface area contributed by atoms with Gasteiger partial charge in [0.05, 0.1) is 12.7 Å². The zero-order chi connectivity index (χ0) is 10.1. The van der Waals surface area contributed by atoms with Gasteiger partial charge >= 0.3 is 0 Å². The number of ether oxygens (including phenoxy) is 1. The van der Waals surface area contributed by atoms with Gasteiger partial charge in [-0.3, -0.25) is 4.90 Å². The summed E-state index contributed by atoms with van der Waals surface area (Å²) in [5.74, 6) is 0.800. The average Bonchev–Trinajstić information content (AvgIpc) is 3.02. The second-order valence-electron chi connectivity index (χ2n) is 4.64. The molecule has 2 aliphatic rings. The number of likely N-dealkylation sites (tertiary alicyclic amines) is 1. The fourth-order valence-electron chi connectivity index (χ4n) is 2.48. The monoisotopic (exact) mass is 203 g/mol. The molecule has 2 aliphatic heterocycles. The van der Waals surface area contributed by atoms with Gasteiger partial charge in [-0.15, -0.1) is 0 Å². The fourth-order valence-corrected chi connectivity index (χ4v) is 2.48. The van der Waals surface area contributed by atoms with Crippen LogP contribution in [0.4, 0.5) is 0 Å². The molecular formula is C13H17NO. The molecule has 3 rings (SSSR count). The Morgan fingerprint density at radius 1 is 1.27 bits per heavy atom. The molecule has 0 bridgehead atoms. The second-order valence-corrected chi connectivity index (χ2v) is 4.64. The second kappa shape index (κ2) is 3.95. The predicted octanol–water partition coefficient (Wildman–Crippen LogP) is 1.91. The van der Waals surface area contributed by atoms with Crippen molar-refractivity contribution < 1.29 is 4.74 Å². The number of epoxide rings is 1. The summed E-state index contributed by atoms with van der Waals surface area (Å²) in [7, 11) is 0. The highest BCUT2D eigenvalue weighted by Gasteiger charge is 2.36. The Bertz CT molecular complexity index is 321. The third kappa shape index (κ3) is 2.21. The Hall–Kier alpha value is -0.860. The number of hydrogen-bond donors (Lipinski definition) is 0. The van der Waals surface area contributed by atoms with Gasteiger partial charge in [0.2, 0.25) is 0 Å². The number of hydrogen-bond acceptors (Lipinski definition) is 2. The summed E-state index contributed by atoms with van der Waals surface area (Å²) in [6, 6.07) is 10.7. The van der Waals surface area contributed by atoms with E-state index in [1.807, 2.05) is 0 Å². The summed E-state index contributed by atoms with van der Waals surface area (Å²) in [6.45, 7) is 4.56. The Kier molecular flexibility index (Phi) is 2.47. The molecule has 80 valence electrons. The van der Waals surface area contributed by atoms with Crippen LogP contribution in [-0.2, 0) is 11.3 Å². The molecule has 2 fully saturated rings. The van der Waals surface area contributed by atoms with Gasteiger partial charge in [-0.2, -0.15) is 0 Å². The minimum absolute atomic E-state index is 0.589. The first-order valence-corrected chi connectivity index (χ1v) is 5.80. The van der Waals surface area contributed by atoms with Gasteiger partial charge in [0.25, 0.3) is 0 Å². The molecule has 0 saturated carbocycles. The molecule has 15 heavy (non-hydrogen) atoms. The summed E-state index contributed by atoms with van der Waals surface area (Å²) in [6.07, 6.45) is 1.91. The number of nitrogens with zero attached hydrogens (tertiary/aromatic N) is 1. The van der Waals surface area contributed by atoms with E-state index >= 15 is 0 Å². The molecule has 0 aliphatic carbocycles.